The Morgan fingerprint density at radius 1 is 1.00 bits per heavy atom. The van der Waals surface area contributed by atoms with Gasteiger partial charge in [0.15, 0.2) is 0 Å². The van der Waals surface area contributed by atoms with Crippen LogP contribution in [0.2, 0.25) is 6.55 Å². The summed E-state index contributed by atoms with van der Waals surface area (Å²) in [6, 6.07) is 9.94. The van der Waals surface area contributed by atoms with Gasteiger partial charge in [-0.2, -0.15) is 0 Å². The minimum absolute atomic E-state index is 0. The molecule has 3 rings (SSSR count). The zero-order valence-corrected chi connectivity index (χ0v) is 16.1. The third-order valence-electron chi connectivity index (χ3n) is 3.49. The van der Waals surface area contributed by atoms with Crippen LogP contribution in [0.15, 0.2) is 36.4 Å². The molecule has 20 heavy (non-hydrogen) atoms. The van der Waals surface area contributed by atoms with Gasteiger partial charge in [-0.25, -0.2) is 8.78 Å². The summed E-state index contributed by atoms with van der Waals surface area (Å²) < 4.78 is 27.2. The van der Waals surface area contributed by atoms with E-state index in [-0.39, 0.29) is 68.2 Å². The van der Waals surface area contributed by atoms with E-state index in [1.54, 1.807) is 18.2 Å². The zero-order valence-electron chi connectivity index (χ0n) is 10.8. The van der Waals surface area contributed by atoms with Crippen molar-refractivity contribution in [3.63, 3.8) is 0 Å². The van der Waals surface area contributed by atoms with Gasteiger partial charge in [0.2, 0.25) is 0 Å². The van der Waals surface area contributed by atoms with Crippen molar-refractivity contribution in [2.75, 3.05) is 0 Å². The fourth-order valence-corrected chi connectivity index (χ4v) is 4.37. The Hall–Kier alpha value is -0.0200. The van der Waals surface area contributed by atoms with Crippen LogP contribution >= 0.6 is 0 Å². The van der Waals surface area contributed by atoms with E-state index in [1.807, 2.05) is 6.07 Å². The first-order valence-corrected chi connectivity index (χ1v) is 8.03. The van der Waals surface area contributed by atoms with Crippen molar-refractivity contribution < 1.29 is 59.8 Å². The van der Waals surface area contributed by atoms with Crippen LogP contribution in [0.3, 0.4) is 0 Å². The molecule has 1 aliphatic carbocycles. The van der Waals surface area contributed by atoms with Gasteiger partial charge >= 0.3 is 26.2 Å². The second kappa shape index (κ2) is 7.84. The van der Waals surface area contributed by atoms with E-state index in [2.05, 4.69) is 6.55 Å². The summed E-state index contributed by atoms with van der Waals surface area (Å²) in [5.74, 6) is -0.386. The van der Waals surface area contributed by atoms with Crippen molar-refractivity contribution in [1.82, 2.24) is 0 Å². The van der Waals surface area contributed by atoms with Crippen LogP contribution in [0.4, 0.5) is 8.78 Å². The van der Waals surface area contributed by atoms with E-state index in [0.29, 0.717) is 0 Å². The molecule has 0 saturated carbocycles. The van der Waals surface area contributed by atoms with E-state index in [0.717, 1.165) is 22.3 Å². The molecule has 0 bridgehead atoms. The molecule has 0 heterocycles. The second-order valence-corrected chi connectivity index (χ2v) is 6.03. The summed E-state index contributed by atoms with van der Waals surface area (Å²) in [4.78, 5) is 0. The van der Waals surface area contributed by atoms with E-state index >= 15 is 0 Å². The summed E-state index contributed by atoms with van der Waals surface area (Å²) >= 11 is 0. The summed E-state index contributed by atoms with van der Waals surface area (Å²) in [6.07, 6.45) is 0. The number of hydrogen-bond acceptors (Lipinski definition) is 0. The van der Waals surface area contributed by atoms with Crippen LogP contribution in [0.1, 0.15) is 16.7 Å². The Labute approximate surface area is 151 Å². The van der Waals surface area contributed by atoms with E-state index in [1.165, 1.54) is 12.1 Å². The summed E-state index contributed by atoms with van der Waals surface area (Å²) in [6.45, 7) is 2.14. The molecule has 2 aromatic rings. The number of benzene rings is 2. The molecule has 0 saturated heterocycles. The molecular formula is C14H12Cl2F2SiZr. The predicted molar refractivity (Wildman–Crippen MR) is 68.0 cm³/mol. The van der Waals surface area contributed by atoms with Crippen molar-refractivity contribution in [3.05, 3.63) is 59.2 Å². The number of hydrogen-bond donors (Lipinski definition) is 0. The number of halogens is 4. The molecule has 0 aromatic heterocycles. The standard InChI is InChI=1S/C14H12F2Si.2ClH.Zr/c1-17-14-11-7-8(15)5-6-9(11)10-3-2-4-12(16)13(10)14;;;/h2-7,14H,17H2,1H3;2*1H;/q;;;+2/p-2. The molecule has 0 radical (unpaired) electrons. The van der Waals surface area contributed by atoms with Gasteiger partial charge in [-0.05, 0) is 40.5 Å². The van der Waals surface area contributed by atoms with Crippen molar-refractivity contribution in [2.45, 2.75) is 12.1 Å². The minimum Gasteiger partial charge on any atom is -1.00 e. The molecule has 0 amide bonds. The number of rotatable bonds is 1. The molecule has 1 unspecified atom stereocenters. The summed E-state index contributed by atoms with van der Waals surface area (Å²) in [7, 11) is -0.471. The Bertz CT molecular complexity index is 608. The second-order valence-electron chi connectivity index (χ2n) is 4.39. The van der Waals surface area contributed by atoms with Gasteiger partial charge < -0.3 is 24.8 Å². The molecule has 104 valence electrons. The third kappa shape index (κ3) is 3.09. The van der Waals surface area contributed by atoms with E-state index < -0.39 is 9.52 Å². The molecule has 0 spiro atoms. The quantitative estimate of drug-likeness (QED) is 0.450. The first kappa shape index (κ1) is 20.0. The fourth-order valence-electron chi connectivity index (χ4n) is 2.77. The maximum absolute atomic E-state index is 13.9. The van der Waals surface area contributed by atoms with E-state index in [9.17, 15) is 8.78 Å². The van der Waals surface area contributed by atoms with Gasteiger partial charge in [0, 0.05) is 15.1 Å². The van der Waals surface area contributed by atoms with Crippen LogP contribution in [-0.4, -0.2) is 9.52 Å². The zero-order chi connectivity index (χ0) is 12.0. The molecule has 1 atom stereocenters. The van der Waals surface area contributed by atoms with Gasteiger partial charge in [-0.15, -0.1) is 0 Å². The van der Waals surface area contributed by atoms with Crippen LogP contribution in [0.25, 0.3) is 11.1 Å². The van der Waals surface area contributed by atoms with Crippen molar-refractivity contribution in [2.24, 2.45) is 0 Å². The van der Waals surface area contributed by atoms with Gasteiger partial charge in [-0.3, -0.25) is 0 Å². The average Bonchev–Trinajstić information content (AvgIpc) is 2.63. The Kier molecular flexibility index (Phi) is 7.83. The predicted octanol–water partition coefficient (Wildman–Crippen LogP) is -2.74. The van der Waals surface area contributed by atoms with Crippen LogP contribution < -0.4 is 24.8 Å². The minimum atomic E-state index is -0.471. The molecule has 0 nitrogen and oxygen atoms in total. The molecule has 1 aliphatic rings. The molecule has 2 aromatic carbocycles. The SMILES string of the molecule is C[SiH2]C1c2cc(F)ccc2-c2cccc(F)c21.[Cl-].[Cl-].[Zr+2]. The van der Waals surface area contributed by atoms with Gasteiger partial charge in [0.1, 0.15) is 11.6 Å². The van der Waals surface area contributed by atoms with E-state index in [4.69, 9.17) is 0 Å². The Morgan fingerprint density at radius 3 is 2.35 bits per heavy atom. The first-order chi connectivity index (χ1) is 8.22. The fraction of sp³-hybridized carbons (Fsp3) is 0.143. The van der Waals surface area contributed by atoms with Crippen molar-refractivity contribution in [1.29, 1.82) is 0 Å². The van der Waals surface area contributed by atoms with Crippen LogP contribution in [-0.2, 0) is 26.2 Å². The van der Waals surface area contributed by atoms with Crippen molar-refractivity contribution in [3.8, 4) is 11.1 Å². The maximum atomic E-state index is 13.9. The third-order valence-corrected chi connectivity index (χ3v) is 5.15. The monoisotopic (exact) mass is 406 g/mol. The average molecular weight is 408 g/mol. The van der Waals surface area contributed by atoms with Crippen molar-refractivity contribution >= 4 is 9.52 Å². The summed E-state index contributed by atoms with van der Waals surface area (Å²) in [5, 5.41) is 0. The first-order valence-electron chi connectivity index (χ1n) is 5.80. The Balaban J connectivity index is 0.00000120. The van der Waals surface area contributed by atoms with Gasteiger partial charge in [0.25, 0.3) is 0 Å². The summed E-state index contributed by atoms with van der Waals surface area (Å²) in [5.41, 5.74) is 3.82. The number of fused-ring (bicyclic) bond motifs is 3. The normalized spacial score (nSPS) is 14.8. The molecule has 6 heteroatoms. The van der Waals surface area contributed by atoms with Crippen LogP contribution in [0.5, 0.6) is 0 Å². The van der Waals surface area contributed by atoms with Gasteiger partial charge in [-0.1, -0.05) is 24.7 Å². The smallest absolute Gasteiger partial charge is 1.00 e. The van der Waals surface area contributed by atoms with Crippen LogP contribution in [0, 0.1) is 11.6 Å². The molecule has 0 aliphatic heterocycles. The Morgan fingerprint density at radius 2 is 1.70 bits per heavy atom. The van der Waals surface area contributed by atoms with Gasteiger partial charge in [0.05, 0.1) is 0 Å². The maximum Gasteiger partial charge on any atom is 2.00 e. The topological polar surface area (TPSA) is 0 Å². The molecule has 0 fully saturated rings. The molecule has 0 N–H and O–H groups in total. The molecular weight excluding hydrogens is 396 g/mol. The largest absolute Gasteiger partial charge is 2.00 e.